The van der Waals surface area contributed by atoms with Gasteiger partial charge in [0.25, 0.3) is 0 Å². The van der Waals surface area contributed by atoms with Crippen LogP contribution in [0.2, 0.25) is 0 Å². The van der Waals surface area contributed by atoms with E-state index in [1.54, 1.807) is 0 Å². The lowest BCUT2D eigenvalue weighted by Gasteiger charge is -2.19. The highest BCUT2D eigenvalue weighted by Crippen LogP contribution is 2.52. The second kappa shape index (κ2) is 3.37. The number of nitrogens with zero attached hydrogens (tertiary/aromatic N) is 2. The van der Waals surface area contributed by atoms with Crippen LogP contribution in [0.1, 0.15) is 12.8 Å². The van der Waals surface area contributed by atoms with E-state index in [9.17, 15) is 9.59 Å². The predicted molar refractivity (Wildman–Crippen MR) is 55.9 cm³/mol. The summed E-state index contributed by atoms with van der Waals surface area (Å²) in [6.45, 7) is 3.11. The Labute approximate surface area is 94.0 Å². The number of fused-ring (bicyclic) bond motifs is 1. The number of likely N-dealkylation sites (tertiary alicyclic amines) is 2. The molecule has 2 saturated heterocycles. The largest absolute Gasteiger partial charge is 0.465 e. The van der Waals surface area contributed by atoms with Crippen LogP contribution in [-0.2, 0) is 4.79 Å². The summed E-state index contributed by atoms with van der Waals surface area (Å²) in [4.78, 5) is 25.6. The SMILES string of the molecule is O=C(O)N1CC2C(C1)C2CN1CCCC1=O. The average molecular weight is 224 g/mol. The van der Waals surface area contributed by atoms with Crippen molar-refractivity contribution >= 4 is 12.0 Å². The molecule has 3 rings (SSSR count). The van der Waals surface area contributed by atoms with E-state index >= 15 is 0 Å². The van der Waals surface area contributed by atoms with Crippen molar-refractivity contribution in [2.24, 2.45) is 17.8 Å². The maximum atomic E-state index is 11.5. The number of carbonyl (C=O) groups excluding carboxylic acids is 1. The summed E-state index contributed by atoms with van der Waals surface area (Å²) in [5, 5.41) is 8.83. The number of piperidine rings is 1. The lowest BCUT2D eigenvalue weighted by molar-refractivity contribution is -0.128. The summed E-state index contributed by atoms with van der Waals surface area (Å²) in [6, 6.07) is 0. The van der Waals surface area contributed by atoms with Crippen LogP contribution in [-0.4, -0.2) is 53.1 Å². The summed E-state index contributed by atoms with van der Waals surface area (Å²) in [6.07, 6.45) is 0.883. The van der Waals surface area contributed by atoms with Gasteiger partial charge in [-0.1, -0.05) is 0 Å². The fourth-order valence-electron chi connectivity index (χ4n) is 3.23. The molecule has 2 unspecified atom stereocenters. The number of amides is 2. The minimum Gasteiger partial charge on any atom is -0.465 e. The van der Waals surface area contributed by atoms with Crippen molar-refractivity contribution in [3.05, 3.63) is 0 Å². The van der Waals surface area contributed by atoms with Gasteiger partial charge in [-0.25, -0.2) is 4.79 Å². The molecule has 2 aliphatic heterocycles. The van der Waals surface area contributed by atoms with Crippen LogP contribution in [0.15, 0.2) is 0 Å². The molecule has 1 saturated carbocycles. The van der Waals surface area contributed by atoms with Crippen LogP contribution in [0.5, 0.6) is 0 Å². The third-order valence-corrected chi connectivity index (χ3v) is 4.24. The number of rotatable bonds is 2. The lowest BCUT2D eigenvalue weighted by atomic mass is 10.2. The molecule has 0 spiro atoms. The van der Waals surface area contributed by atoms with Gasteiger partial charge in [0.15, 0.2) is 0 Å². The molecule has 1 N–H and O–H groups in total. The normalized spacial score (nSPS) is 36.8. The molecule has 0 aromatic rings. The van der Waals surface area contributed by atoms with Crippen molar-refractivity contribution < 1.29 is 14.7 Å². The fourth-order valence-corrected chi connectivity index (χ4v) is 3.23. The molecular formula is C11H16N2O3. The van der Waals surface area contributed by atoms with Crippen molar-refractivity contribution in [3.63, 3.8) is 0 Å². The standard InChI is InChI=1S/C11H16N2O3/c14-10-2-1-3-12(10)4-7-8-5-13(11(15)16)6-9(7)8/h7-9H,1-6H2,(H,15,16). The zero-order chi connectivity index (χ0) is 11.3. The van der Waals surface area contributed by atoms with Crippen LogP contribution < -0.4 is 0 Å². The van der Waals surface area contributed by atoms with E-state index < -0.39 is 6.09 Å². The maximum Gasteiger partial charge on any atom is 0.407 e. The van der Waals surface area contributed by atoms with Crippen molar-refractivity contribution in [3.8, 4) is 0 Å². The van der Waals surface area contributed by atoms with Crippen molar-refractivity contribution in [1.82, 2.24) is 9.80 Å². The van der Waals surface area contributed by atoms with Crippen LogP contribution in [0.3, 0.4) is 0 Å². The van der Waals surface area contributed by atoms with E-state index in [0.29, 0.717) is 37.3 Å². The Morgan fingerprint density at radius 2 is 2.06 bits per heavy atom. The Morgan fingerprint density at radius 3 is 2.56 bits per heavy atom. The van der Waals surface area contributed by atoms with E-state index in [2.05, 4.69) is 0 Å². The zero-order valence-electron chi connectivity index (χ0n) is 9.13. The molecule has 16 heavy (non-hydrogen) atoms. The predicted octanol–water partition coefficient (Wildman–Crippen LogP) is 0.465. The molecule has 5 heteroatoms. The molecule has 2 amide bonds. The van der Waals surface area contributed by atoms with Crippen LogP contribution in [0.4, 0.5) is 4.79 Å². The lowest BCUT2D eigenvalue weighted by Crippen LogP contribution is -2.33. The summed E-state index contributed by atoms with van der Waals surface area (Å²) < 4.78 is 0. The van der Waals surface area contributed by atoms with Gasteiger partial charge in [-0.15, -0.1) is 0 Å². The highest BCUT2D eigenvalue weighted by Gasteiger charge is 2.57. The van der Waals surface area contributed by atoms with Gasteiger partial charge in [0.2, 0.25) is 5.91 Å². The van der Waals surface area contributed by atoms with E-state index in [1.807, 2.05) is 4.90 Å². The summed E-state index contributed by atoms with van der Waals surface area (Å²) >= 11 is 0. The van der Waals surface area contributed by atoms with Gasteiger partial charge in [-0.05, 0) is 24.2 Å². The molecular weight excluding hydrogens is 208 g/mol. The number of hydrogen-bond acceptors (Lipinski definition) is 2. The van der Waals surface area contributed by atoms with E-state index in [0.717, 1.165) is 19.5 Å². The third-order valence-electron chi connectivity index (χ3n) is 4.24. The minimum absolute atomic E-state index is 0.278. The van der Waals surface area contributed by atoms with E-state index in [1.165, 1.54) is 4.90 Å². The van der Waals surface area contributed by atoms with Gasteiger partial charge in [0.05, 0.1) is 0 Å². The second-order valence-electron chi connectivity index (χ2n) is 5.12. The quantitative estimate of drug-likeness (QED) is 0.741. The Morgan fingerprint density at radius 1 is 1.38 bits per heavy atom. The van der Waals surface area contributed by atoms with Gasteiger partial charge in [0.1, 0.15) is 0 Å². The fraction of sp³-hybridized carbons (Fsp3) is 0.818. The van der Waals surface area contributed by atoms with Gasteiger partial charge in [-0.3, -0.25) is 4.79 Å². The Kier molecular flexibility index (Phi) is 2.09. The summed E-state index contributed by atoms with van der Waals surface area (Å²) in [7, 11) is 0. The summed E-state index contributed by atoms with van der Waals surface area (Å²) in [5.74, 6) is 1.88. The molecule has 3 fully saturated rings. The van der Waals surface area contributed by atoms with Crippen LogP contribution in [0.25, 0.3) is 0 Å². The first-order valence-electron chi connectivity index (χ1n) is 5.92. The highest BCUT2D eigenvalue weighted by atomic mass is 16.4. The maximum absolute atomic E-state index is 11.5. The van der Waals surface area contributed by atoms with Gasteiger partial charge in [-0.2, -0.15) is 0 Å². The monoisotopic (exact) mass is 224 g/mol. The van der Waals surface area contributed by atoms with E-state index in [4.69, 9.17) is 5.11 Å². The Bertz CT molecular complexity index is 332. The highest BCUT2D eigenvalue weighted by molar-refractivity contribution is 5.78. The Hall–Kier alpha value is -1.26. The number of carbonyl (C=O) groups is 2. The van der Waals surface area contributed by atoms with Crippen molar-refractivity contribution in [2.45, 2.75) is 12.8 Å². The molecule has 5 nitrogen and oxygen atoms in total. The molecule has 0 bridgehead atoms. The average Bonchev–Trinajstić information content (AvgIpc) is 2.67. The molecule has 1 aliphatic carbocycles. The zero-order valence-corrected chi connectivity index (χ0v) is 9.13. The molecule has 3 aliphatic rings. The number of carboxylic acid groups (broad SMARTS) is 1. The first kappa shape index (κ1) is 9.93. The molecule has 0 radical (unpaired) electrons. The smallest absolute Gasteiger partial charge is 0.407 e. The van der Waals surface area contributed by atoms with Gasteiger partial charge < -0.3 is 14.9 Å². The number of hydrogen-bond donors (Lipinski definition) is 1. The van der Waals surface area contributed by atoms with E-state index in [-0.39, 0.29) is 5.91 Å². The summed E-state index contributed by atoms with van der Waals surface area (Å²) in [5.41, 5.74) is 0. The minimum atomic E-state index is -0.803. The first-order chi connectivity index (χ1) is 7.66. The molecule has 0 aromatic heterocycles. The molecule has 0 aromatic carbocycles. The topological polar surface area (TPSA) is 60.9 Å². The van der Waals surface area contributed by atoms with Crippen molar-refractivity contribution in [1.29, 1.82) is 0 Å². The van der Waals surface area contributed by atoms with Crippen molar-refractivity contribution in [2.75, 3.05) is 26.2 Å². The Balaban J connectivity index is 1.51. The van der Waals surface area contributed by atoms with Crippen LogP contribution in [0, 0.1) is 17.8 Å². The van der Waals surface area contributed by atoms with Gasteiger partial charge >= 0.3 is 6.09 Å². The first-order valence-corrected chi connectivity index (χ1v) is 5.92. The third kappa shape index (κ3) is 1.45. The molecule has 88 valence electrons. The second-order valence-corrected chi connectivity index (χ2v) is 5.12. The molecule has 2 heterocycles. The van der Waals surface area contributed by atoms with Gasteiger partial charge in [0, 0.05) is 32.6 Å². The van der Waals surface area contributed by atoms with Crippen LogP contribution >= 0.6 is 0 Å². The molecule has 2 atom stereocenters.